The SMILES string of the molecule is CCCCOc1ccc(C(=O)NCC(=O)OCC(=O)NC(=O)NCC)cc1. The summed E-state index contributed by atoms with van der Waals surface area (Å²) in [6.45, 7) is 3.72. The van der Waals surface area contributed by atoms with Gasteiger partial charge >= 0.3 is 12.0 Å². The first-order chi connectivity index (χ1) is 13.0. The smallest absolute Gasteiger partial charge is 0.325 e. The van der Waals surface area contributed by atoms with Crippen molar-refractivity contribution in [3.63, 3.8) is 0 Å². The molecule has 0 bridgehead atoms. The predicted molar refractivity (Wildman–Crippen MR) is 97.4 cm³/mol. The summed E-state index contributed by atoms with van der Waals surface area (Å²) in [6.07, 6.45) is 1.98. The van der Waals surface area contributed by atoms with Crippen LogP contribution in [0.4, 0.5) is 4.79 Å². The largest absolute Gasteiger partial charge is 0.494 e. The summed E-state index contributed by atoms with van der Waals surface area (Å²) in [4.78, 5) is 46.0. The number of hydrogen-bond donors (Lipinski definition) is 3. The van der Waals surface area contributed by atoms with Gasteiger partial charge in [-0.2, -0.15) is 0 Å². The molecule has 1 aromatic rings. The fourth-order valence-corrected chi connectivity index (χ4v) is 1.86. The number of urea groups is 1. The first-order valence-electron chi connectivity index (χ1n) is 8.70. The summed E-state index contributed by atoms with van der Waals surface area (Å²) in [5.41, 5.74) is 0.361. The number of carbonyl (C=O) groups excluding carboxylic acids is 4. The number of unbranched alkanes of at least 4 members (excludes halogenated alkanes) is 1. The molecule has 0 aliphatic heterocycles. The molecule has 0 radical (unpaired) electrons. The van der Waals surface area contributed by atoms with E-state index in [0.29, 0.717) is 24.5 Å². The lowest BCUT2D eigenvalue weighted by Crippen LogP contribution is -2.41. The highest BCUT2D eigenvalue weighted by atomic mass is 16.5. The highest BCUT2D eigenvalue weighted by Gasteiger charge is 2.12. The molecular weight excluding hydrogens is 354 g/mol. The van der Waals surface area contributed by atoms with Crippen LogP contribution in [0.2, 0.25) is 0 Å². The fourth-order valence-electron chi connectivity index (χ4n) is 1.86. The fraction of sp³-hybridized carbons (Fsp3) is 0.444. The van der Waals surface area contributed by atoms with Crippen LogP contribution in [0.15, 0.2) is 24.3 Å². The predicted octanol–water partition coefficient (Wildman–Crippen LogP) is 0.984. The molecule has 9 nitrogen and oxygen atoms in total. The molecule has 1 aromatic carbocycles. The molecule has 27 heavy (non-hydrogen) atoms. The summed E-state index contributed by atoms with van der Waals surface area (Å²) < 4.78 is 10.2. The Labute approximate surface area is 157 Å². The zero-order valence-corrected chi connectivity index (χ0v) is 15.5. The van der Waals surface area contributed by atoms with Gasteiger partial charge in [0.2, 0.25) is 0 Å². The van der Waals surface area contributed by atoms with E-state index in [-0.39, 0.29) is 0 Å². The minimum atomic E-state index is -0.797. The molecule has 0 saturated heterocycles. The van der Waals surface area contributed by atoms with Crippen molar-refractivity contribution in [2.45, 2.75) is 26.7 Å². The van der Waals surface area contributed by atoms with Crippen molar-refractivity contribution in [1.29, 1.82) is 0 Å². The number of esters is 1. The zero-order chi connectivity index (χ0) is 20.1. The van der Waals surface area contributed by atoms with Crippen LogP contribution in [-0.2, 0) is 14.3 Å². The van der Waals surface area contributed by atoms with Gasteiger partial charge in [0, 0.05) is 12.1 Å². The van der Waals surface area contributed by atoms with E-state index < -0.39 is 37.0 Å². The number of ether oxygens (including phenoxy) is 2. The van der Waals surface area contributed by atoms with Gasteiger partial charge in [0.05, 0.1) is 6.61 Å². The minimum absolute atomic E-state index is 0.358. The van der Waals surface area contributed by atoms with Gasteiger partial charge in [-0.25, -0.2) is 4.79 Å². The van der Waals surface area contributed by atoms with E-state index in [0.717, 1.165) is 12.8 Å². The lowest BCUT2D eigenvalue weighted by Gasteiger charge is -2.08. The molecule has 0 aromatic heterocycles. The number of carbonyl (C=O) groups is 4. The third-order valence-electron chi connectivity index (χ3n) is 3.23. The number of rotatable bonds is 10. The Balaban J connectivity index is 2.31. The van der Waals surface area contributed by atoms with E-state index >= 15 is 0 Å². The standard InChI is InChI=1S/C18H25N3O6/c1-3-5-10-26-14-8-6-13(7-9-14)17(24)20-11-16(23)27-12-15(22)21-18(25)19-4-2/h6-9H,3-5,10-12H2,1-2H3,(H,20,24)(H2,19,21,22,25). The number of hydrogen-bond acceptors (Lipinski definition) is 6. The third kappa shape index (κ3) is 9.24. The first-order valence-corrected chi connectivity index (χ1v) is 8.70. The van der Waals surface area contributed by atoms with Gasteiger partial charge in [0.1, 0.15) is 12.3 Å². The van der Waals surface area contributed by atoms with Gasteiger partial charge in [-0.05, 0) is 37.6 Å². The molecule has 4 amide bonds. The van der Waals surface area contributed by atoms with Gasteiger partial charge in [-0.1, -0.05) is 13.3 Å². The highest BCUT2D eigenvalue weighted by Crippen LogP contribution is 2.12. The molecule has 1 rings (SSSR count). The maximum absolute atomic E-state index is 12.0. The van der Waals surface area contributed by atoms with Gasteiger partial charge in [0.25, 0.3) is 11.8 Å². The van der Waals surface area contributed by atoms with E-state index in [4.69, 9.17) is 4.74 Å². The van der Waals surface area contributed by atoms with Crippen molar-refractivity contribution in [3.05, 3.63) is 29.8 Å². The normalized spacial score (nSPS) is 9.85. The maximum Gasteiger partial charge on any atom is 0.325 e. The second-order valence-electron chi connectivity index (χ2n) is 5.48. The number of benzene rings is 1. The van der Waals surface area contributed by atoms with Crippen LogP contribution in [0, 0.1) is 0 Å². The second-order valence-corrected chi connectivity index (χ2v) is 5.48. The molecule has 0 spiro atoms. The average molecular weight is 379 g/mol. The van der Waals surface area contributed by atoms with E-state index in [1.165, 1.54) is 0 Å². The molecule has 9 heteroatoms. The summed E-state index contributed by atoms with van der Waals surface area (Å²) >= 11 is 0. The van der Waals surface area contributed by atoms with Crippen LogP contribution in [-0.4, -0.2) is 50.1 Å². The Bertz CT molecular complexity index is 645. The Hall–Kier alpha value is -3.10. The second kappa shape index (κ2) is 12.3. The van der Waals surface area contributed by atoms with Crippen LogP contribution in [0.3, 0.4) is 0 Å². The van der Waals surface area contributed by atoms with Crippen LogP contribution >= 0.6 is 0 Å². The molecule has 0 fully saturated rings. The topological polar surface area (TPSA) is 123 Å². The first kappa shape index (κ1) is 21.9. The van der Waals surface area contributed by atoms with Crippen molar-refractivity contribution in [1.82, 2.24) is 16.0 Å². The van der Waals surface area contributed by atoms with E-state index in [2.05, 4.69) is 22.3 Å². The van der Waals surface area contributed by atoms with E-state index in [1.54, 1.807) is 31.2 Å². The van der Waals surface area contributed by atoms with Gasteiger partial charge in [-0.15, -0.1) is 0 Å². The Morgan fingerprint density at radius 1 is 1.00 bits per heavy atom. The lowest BCUT2D eigenvalue weighted by molar-refractivity contribution is -0.147. The molecule has 3 N–H and O–H groups in total. The summed E-state index contributed by atoms with van der Waals surface area (Å²) in [5.74, 6) is -1.36. The van der Waals surface area contributed by atoms with Crippen LogP contribution in [0.25, 0.3) is 0 Å². The minimum Gasteiger partial charge on any atom is -0.494 e. The Morgan fingerprint density at radius 2 is 1.70 bits per heavy atom. The molecule has 0 heterocycles. The van der Waals surface area contributed by atoms with Crippen LogP contribution < -0.4 is 20.7 Å². The van der Waals surface area contributed by atoms with Crippen molar-refractivity contribution in [2.75, 3.05) is 26.3 Å². The molecule has 0 unspecified atom stereocenters. The van der Waals surface area contributed by atoms with Crippen molar-refractivity contribution >= 4 is 23.8 Å². The van der Waals surface area contributed by atoms with Gasteiger partial charge in [0.15, 0.2) is 6.61 Å². The average Bonchev–Trinajstić information content (AvgIpc) is 2.65. The van der Waals surface area contributed by atoms with E-state index in [9.17, 15) is 19.2 Å². The third-order valence-corrected chi connectivity index (χ3v) is 3.23. The van der Waals surface area contributed by atoms with Crippen molar-refractivity contribution in [3.8, 4) is 5.75 Å². The Kier molecular flexibility index (Phi) is 9.98. The summed E-state index contributed by atoms with van der Waals surface area (Å²) in [5, 5.41) is 6.74. The number of imide groups is 1. The van der Waals surface area contributed by atoms with Gasteiger partial charge in [-0.3, -0.25) is 19.7 Å². The molecule has 0 aliphatic carbocycles. The molecule has 148 valence electrons. The molecule has 0 aliphatic rings. The van der Waals surface area contributed by atoms with Crippen LogP contribution in [0.1, 0.15) is 37.0 Å². The maximum atomic E-state index is 12.0. The number of amides is 4. The molecule has 0 atom stereocenters. The van der Waals surface area contributed by atoms with Crippen molar-refractivity contribution in [2.24, 2.45) is 0 Å². The summed E-state index contributed by atoms with van der Waals surface area (Å²) in [6, 6.07) is 5.85. The van der Waals surface area contributed by atoms with Crippen LogP contribution in [0.5, 0.6) is 5.75 Å². The van der Waals surface area contributed by atoms with E-state index in [1.807, 2.05) is 5.32 Å². The lowest BCUT2D eigenvalue weighted by atomic mass is 10.2. The van der Waals surface area contributed by atoms with Crippen molar-refractivity contribution < 1.29 is 28.7 Å². The molecule has 0 saturated carbocycles. The quantitative estimate of drug-likeness (QED) is 0.411. The summed E-state index contributed by atoms with van der Waals surface area (Å²) in [7, 11) is 0. The monoisotopic (exact) mass is 379 g/mol. The zero-order valence-electron chi connectivity index (χ0n) is 15.5. The highest BCUT2D eigenvalue weighted by molar-refractivity contribution is 5.97. The molecular formula is C18H25N3O6. The number of nitrogens with one attached hydrogen (secondary N) is 3. The van der Waals surface area contributed by atoms with Gasteiger partial charge < -0.3 is 20.1 Å². The Morgan fingerprint density at radius 3 is 2.33 bits per heavy atom.